The molecule has 0 aliphatic heterocycles. The third-order valence-corrected chi connectivity index (χ3v) is 6.57. The molecule has 0 radical (unpaired) electrons. The zero-order valence-electron chi connectivity index (χ0n) is 18.0. The number of aromatic amines is 1. The van der Waals surface area contributed by atoms with Crippen LogP contribution in [-0.2, 0) is 14.8 Å². The monoisotopic (exact) mass is 441 g/mol. The molecule has 0 saturated carbocycles. The molecule has 0 aliphatic rings. The fourth-order valence-electron chi connectivity index (χ4n) is 3.28. The molecule has 7 nitrogen and oxygen atoms in total. The van der Waals surface area contributed by atoms with Gasteiger partial charge >= 0.3 is 0 Å². The van der Waals surface area contributed by atoms with Gasteiger partial charge in [0.15, 0.2) is 0 Å². The minimum Gasteiger partial charge on any atom is -0.325 e. The van der Waals surface area contributed by atoms with E-state index in [9.17, 15) is 18.0 Å². The van der Waals surface area contributed by atoms with Crippen molar-refractivity contribution in [2.24, 2.45) is 5.92 Å². The highest BCUT2D eigenvalue weighted by Crippen LogP contribution is 2.19. The molecule has 0 bridgehead atoms. The number of amides is 1. The molecule has 164 valence electrons. The fourth-order valence-corrected chi connectivity index (χ4v) is 4.53. The van der Waals surface area contributed by atoms with Crippen molar-refractivity contribution in [1.82, 2.24) is 9.71 Å². The van der Waals surface area contributed by atoms with Crippen molar-refractivity contribution in [3.63, 3.8) is 0 Å². The van der Waals surface area contributed by atoms with Crippen LogP contribution in [0.3, 0.4) is 0 Å². The van der Waals surface area contributed by atoms with Gasteiger partial charge in [-0.15, -0.1) is 0 Å². The van der Waals surface area contributed by atoms with Crippen LogP contribution < -0.4 is 15.6 Å². The zero-order chi connectivity index (χ0) is 22.8. The van der Waals surface area contributed by atoms with Crippen LogP contribution in [0.1, 0.15) is 31.4 Å². The first-order valence-electron chi connectivity index (χ1n) is 10.1. The van der Waals surface area contributed by atoms with E-state index in [2.05, 4.69) is 15.0 Å². The Hall–Kier alpha value is -2.97. The van der Waals surface area contributed by atoms with Gasteiger partial charge in [-0.2, -0.15) is 4.72 Å². The van der Waals surface area contributed by atoms with Crippen molar-refractivity contribution in [2.75, 3.05) is 5.32 Å². The molecular formula is C23H27N3O4S. The van der Waals surface area contributed by atoms with Crippen LogP contribution in [0.15, 0.2) is 58.2 Å². The molecule has 1 aromatic heterocycles. The van der Waals surface area contributed by atoms with Crippen molar-refractivity contribution in [3.05, 3.63) is 70.0 Å². The number of hydrogen-bond donors (Lipinski definition) is 3. The number of nitrogens with one attached hydrogen (secondary N) is 3. The summed E-state index contributed by atoms with van der Waals surface area (Å²) in [7, 11) is -3.96. The molecule has 1 unspecified atom stereocenters. The quantitative estimate of drug-likeness (QED) is 0.522. The minimum atomic E-state index is -3.96. The summed E-state index contributed by atoms with van der Waals surface area (Å²) in [6.07, 6.45) is 0.344. The second-order valence-corrected chi connectivity index (χ2v) is 9.88. The number of aryl methyl sites for hydroxylation is 2. The molecule has 0 aliphatic carbocycles. The van der Waals surface area contributed by atoms with Gasteiger partial charge in [-0.1, -0.05) is 19.9 Å². The Morgan fingerprint density at radius 3 is 2.42 bits per heavy atom. The lowest BCUT2D eigenvalue weighted by molar-refractivity contribution is -0.118. The van der Waals surface area contributed by atoms with Gasteiger partial charge in [0, 0.05) is 17.3 Å². The maximum absolute atomic E-state index is 13.0. The third-order valence-electron chi connectivity index (χ3n) is 5.10. The van der Waals surface area contributed by atoms with Crippen molar-refractivity contribution in [3.8, 4) is 0 Å². The lowest BCUT2D eigenvalue weighted by Crippen LogP contribution is -2.44. The molecular weight excluding hydrogens is 414 g/mol. The Morgan fingerprint density at radius 2 is 1.74 bits per heavy atom. The normalized spacial score (nSPS) is 12.8. The van der Waals surface area contributed by atoms with Gasteiger partial charge in [-0.3, -0.25) is 9.59 Å². The van der Waals surface area contributed by atoms with Crippen LogP contribution in [0.2, 0.25) is 0 Å². The second-order valence-electron chi connectivity index (χ2n) is 8.16. The first kappa shape index (κ1) is 22.7. The number of fused-ring (bicyclic) bond motifs is 1. The van der Waals surface area contributed by atoms with Crippen LogP contribution in [-0.4, -0.2) is 25.4 Å². The van der Waals surface area contributed by atoms with Crippen LogP contribution in [0.4, 0.5) is 5.69 Å². The molecule has 0 fully saturated rings. The molecule has 31 heavy (non-hydrogen) atoms. The van der Waals surface area contributed by atoms with Gasteiger partial charge in [-0.05, 0) is 79.1 Å². The topological polar surface area (TPSA) is 108 Å². The smallest absolute Gasteiger partial charge is 0.248 e. The van der Waals surface area contributed by atoms with Gasteiger partial charge in [0.05, 0.1) is 4.90 Å². The number of pyridine rings is 1. The lowest BCUT2D eigenvalue weighted by atomic mass is 10.0. The summed E-state index contributed by atoms with van der Waals surface area (Å²) < 4.78 is 28.6. The molecule has 1 heterocycles. The molecule has 1 amide bonds. The van der Waals surface area contributed by atoms with Crippen LogP contribution >= 0.6 is 0 Å². The molecule has 0 saturated heterocycles. The summed E-state index contributed by atoms with van der Waals surface area (Å²) in [5, 5.41) is 3.41. The lowest BCUT2D eigenvalue weighted by Gasteiger charge is -2.20. The predicted octanol–water partition coefficient (Wildman–Crippen LogP) is 3.48. The highest BCUT2D eigenvalue weighted by atomic mass is 32.2. The van der Waals surface area contributed by atoms with E-state index in [-0.39, 0.29) is 16.4 Å². The average Bonchev–Trinajstić information content (AvgIpc) is 2.69. The first-order chi connectivity index (χ1) is 14.5. The van der Waals surface area contributed by atoms with Crippen molar-refractivity contribution < 1.29 is 13.2 Å². The Balaban J connectivity index is 1.86. The summed E-state index contributed by atoms with van der Waals surface area (Å²) in [6, 6.07) is 12.0. The molecule has 3 aromatic rings. The van der Waals surface area contributed by atoms with Gasteiger partial charge in [-0.25, -0.2) is 8.42 Å². The summed E-state index contributed by atoms with van der Waals surface area (Å²) in [4.78, 5) is 27.1. The summed E-state index contributed by atoms with van der Waals surface area (Å²) in [6.45, 7) is 7.79. The van der Waals surface area contributed by atoms with Gasteiger partial charge in [0.25, 0.3) is 0 Å². The number of aromatic nitrogens is 1. The number of carbonyl (C=O) groups is 1. The molecule has 0 spiro atoms. The van der Waals surface area contributed by atoms with Crippen LogP contribution in [0.5, 0.6) is 0 Å². The number of rotatable bonds is 7. The van der Waals surface area contributed by atoms with E-state index in [1.54, 1.807) is 12.1 Å². The Bertz CT molecular complexity index is 1280. The highest BCUT2D eigenvalue weighted by molar-refractivity contribution is 7.89. The van der Waals surface area contributed by atoms with E-state index in [4.69, 9.17) is 0 Å². The predicted molar refractivity (Wildman–Crippen MR) is 123 cm³/mol. The number of H-pyrrole nitrogens is 1. The maximum Gasteiger partial charge on any atom is 0.248 e. The van der Waals surface area contributed by atoms with Crippen LogP contribution in [0.25, 0.3) is 10.9 Å². The van der Waals surface area contributed by atoms with E-state index in [1.807, 2.05) is 39.8 Å². The first-order valence-corrected chi connectivity index (χ1v) is 11.6. The molecule has 8 heteroatoms. The maximum atomic E-state index is 13.0. The number of hydrogen-bond acceptors (Lipinski definition) is 4. The summed E-state index contributed by atoms with van der Waals surface area (Å²) in [5.41, 5.74) is 3.04. The van der Waals surface area contributed by atoms with Crippen molar-refractivity contribution >= 4 is 32.5 Å². The van der Waals surface area contributed by atoms with Crippen molar-refractivity contribution in [2.45, 2.75) is 45.1 Å². The zero-order valence-corrected chi connectivity index (χ0v) is 18.8. The molecule has 1 atom stereocenters. The molecule has 3 N–H and O–H groups in total. The van der Waals surface area contributed by atoms with Gasteiger partial charge in [0.2, 0.25) is 21.5 Å². The van der Waals surface area contributed by atoms with E-state index < -0.39 is 22.0 Å². The Labute approximate surface area is 181 Å². The third kappa shape index (κ3) is 5.59. The Kier molecular flexibility index (Phi) is 6.62. The minimum absolute atomic E-state index is 0.0276. The fraction of sp³-hybridized carbons (Fsp3) is 0.304. The average molecular weight is 442 g/mol. The number of carbonyl (C=O) groups excluding carboxylic acids is 1. The number of sulfonamides is 1. The highest BCUT2D eigenvalue weighted by Gasteiger charge is 2.27. The van der Waals surface area contributed by atoms with E-state index >= 15 is 0 Å². The summed E-state index contributed by atoms with van der Waals surface area (Å²) in [5.74, 6) is -0.314. The number of anilines is 1. The Morgan fingerprint density at radius 1 is 1.00 bits per heavy atom. The summed E-state index contributed by atoms with van der Waals surface area (Å²) >= 11 is 0. The van der Waals surface area contributed by atoms with Crippen LogP contribution in [0, 0.1) is 19.8 Å². The standard InChI is InChI=1S/C23H27N3O4S/c1-14(2)11-21(23(28)24-18-7-5-15(3)16(4)12-18)26-31(29,30)19-8-9-20-17(13-19)6-10-22(27)25-20/h5-10,12-14,21,26H,11H2,1-4H3,(H,24,28)(H,25,27). The van der Waals surface area contributed by atoms with Gasteiger partial charge < -0.3 is 10.3 Å². The van der Waals surface area contributed by atoms with Gasteiger partial charge in [0.1, 0.15) is 6.04 Å². The SMILES string of the molecule is Cc1ccc(NC(=O)C(CC(C)C)NS(=O)(=O)c2ccc3[nH]c(=O)ccc3c2)cc1C. The molecule has 2 aromatic carbocycles. The van der Waals surface area contributed by atoms with Crippen molar-refractivity contribution in [1.29, 1.82) is 0 Å². The largest absolute Gasteiger partial charge is 0.325 e. The van der Waals surface area contributed by atoms with E-state index in [0.717, 1.165) is 11.1 Å². The van der Waals surface area contributed by atoms with E-state index in [0.29, 0.717) is 23.0 Å². The molecule has 3 rings (SSSR count). The second kappa shape index (κ2) is 9.03. The number of benzene rings is 2. The van der Waals surface area contributed by atoms with E-state index in [1.165, 1.54) is 24.3 Å².